The Morgan fingerprint density at radius 3 is 2.68 bits per heavy atom. The van der Waals surface area contributed by atoms with Crippen molar-refractivity contribution in [3.05, 3.63) is 26.8 Å². The summed E-state index contributed by atoms with van der Waals surface area (Å²) < 4.78 is 0.947. The minimum absolute atomic E-state index is 0.378. The Morgan fingerprint density at radius 1 is 1.47 bits per heavy atom. The van der Waals surface area contributed by atoms with Gasteiger partial charge in [-0.1, -0.05) is 24.9 Å². The summed E-state index contributed by atoms with van der Waals surface area (Å²) in [4.78, 5) is 22.6. The molecule has 0 spiro atoms. The maximum atomic E-state index is 11.7. The Bertz CT molecular complexity index is 482. The van der Waals surface area contributed by atoms with E-state index in [0.29, 0.717) is 23.6 Å². The predicted molar refractivity (Wildman–Crippen MR) is 82.7 cm³/mol. The van der Waals surface area contributed by atoms with E-state index in [4.69, 9.17) is 16.7 Å². The van der Waals surface area contributed by atoms with E-state index in [1.54, 1.807) is 18.2 Å². The van der Waals surface area contributed by atoms with Gasteiger partial charge < -0.3 is 15.7 Å². The lowest BCUT2D eigenvalue weighted by molar-refractivity contribution is -0.139. The summed E-state index contributed by atoms with van der Waals surface area (Å²) in [7, 11) is 0. The third-order valence-electron chi connectivity index (χ3n) is 2.36. The van der Waals surface area contributed by atoms with Gasteiger partial charge in [-0.05, 0) is 47.2 Å². The molecule has 1 rings (SSSR count). The first-order valence-electron chi connectivity index (χ1n) is 5.69. The number of aliphatic carboxylic acids is 1. The molecule has 0 radical (unpaired) electrons. The van der Waals surface area contributed by atoms with Crippen LogP contribution in [0.4, 0.5) is 10.5 Å². The lowest BCUT2D eigenvalue weighted by Gasteiger charge is -2.14. The monoisotopic (exact) mass is 396 g/mol. The van der Waals surface area contributed by atoms with E-state index in [0.717, 1.165) is 3.57 Å². The Balaban J connectivity index is 2.66. The number of carboxylic acids is 1. The zero-order valence-electron chi connectivity index (χ0n) is 10.2. The van der Waals surface area contributed by atoms with Crippen LogP contribution in [0, 0.1) is 3.57 Å². The van der Waals surface area contributed by atoms with Gasteiger partial charge in [0, 0.05) is 3.57 Å². The van der Waals surface area contributed by atoms with Crippen molar-refractivity contribution in [2.45, 2.75) is 25.8 Å². The average molecular weight is 397 g/mol. The van der Waals surface area contributed by atoms with Crippen LogP contribution in [0.15, 0.2) is 18.2 Å². The number of amides is 2. The van der Waals surface area contributed by atoms with Crippen LogP contribution in [0.1, 0.15) is 19.8 Å². The number of carbonyl (C=O) groups is 2. The number of benzene rings is 1. The van der Waals surface area contributed by atoms with Crippen LogP contribution in [-0.2, 0) is 4.79 Å². The number of rotatable bonds is 5. The Morgan fingerprint density at radius 2 is 2.16 bits per heavy atom. The summed E-state index contributed by atoms with van der Waals surface area (Å²) in [6.45, 7) is 1.85. The molecule has 1 aromatic carbocycles. The van der Waals surface area contributed by atoms with Crippen molar-refractivity contribution in [3.63, 3.8) is 0 Å². The van der Waals surface area contributed by atoms with E-state index in [2.05, 4.69) is 33.2 Å². The van der Waals surface area contributed by atoms with Crippen molar-refractivity contribution in [2.24, 2.45) is 0 Å². The Labute approximate surface area is 129 Å². The smallest absolute Gasteiger partial charge is 0.326 e. The van der Waals surface area contributed by atoms with Crippen molar-refractivity contribution < 1.29 is 14.7 Å². The summed E-state index contributed by atoms with van der Waals surface area (Å²) in [6, 6.07) is 3.69. The highest BCUT2D eigenvalue weighted by molar-refractivity contribution is 14.1. The standard InChI is InChI=1S/C12H14ClIN2O3/c1-2-3-10(11(17)18)16-12(19)15-9-5-4-7(14)6-8(9)13/h4-6,10H,2-3H2,1H3,(H,17,18)(H2,15,16,19)/t10-/m0/s1. The summed E-state index contributed by atoms with van der Waals surface area (Å²) >= 11 is 8.08. The van der Waals surface area contributed by atoms with E-state index in [9.17, 15) is 9.59 Å². The minimum atomic E-state index is -1.05. The molecule has 1 aromatic rings. The maximum Gasteiger partial charge on any atom is 0.326 e. The van der Waals surface area contributed by atoms with Gasteiger partial charge in [0.1, 0.15) is 6.04 Å². The number of hydrogen-bond acceptors (Lipinski definition) is 2. The van der Waals surface area contributed by atoms with Crippen molar-refractivity contribution >= 4 is 51.9 Å². The molecular weight excluding hydrogens is 383 g/mol. The van der Waals surface area contributed by atoms with Crippen LogP contribution in [0.25, 0.3) is 0 Å². The summed E-state index contributed by atoms with van der Waals surface area (Å²) in [5, 5.41) is 14.3. The van der Waals surface area contributed by atoms with Crippen LogP contribution in [-0.4, -0.2) is 23.1 Å². The molecule has 0 saturated carbocycles. The quantitative estimate of drug-likeness (QED) is 0.668. The highest BCUT2D eigenvalue weighted by Gasteiger charge is 2.19. The molecule has 3 N–H and O–H groups in total. The third-order valence-corrected chi connectivity index (χ3v) is 3.34. The first kappa shape index (κ1) is 16.0. The molecule has 0 aromatic heterocycles. The fourth-order valence-corrected chi connectivity index (χ4v) is 2.36. The van der Waals surface area contributed by atoms with Crippen LogP contribution in [0.3, 0.4) is 0 Å². The molecule has 0 unspecified atom stereocenters. The maximum absolute atomic E-state index is 11.7. The molecule has 0 saturated heterocycles. The lowest BCUT2D eigenvalue weighted by Crippen LogP contribution is -2.42. The fourth-order valence-electron chi connectivity index (χ4n) is 1.45. The summed E-state index contributed by atoms with van der Waals surface area (Å²) in [5.41, 5.74) is 0.445. The molecule has 2 amide bonds. The van der Waals surface area contributed by atoms with Crippen LogP contribution >= 0.6 is 34.2 Å². The van der Waals surface area contributed by atoms with Crippen LogP contribution in [0.5, 0.6) is 0 Å². The Kier molecular flexibility index (Phi) is 6.36. The average Bonchev–Trinajstić information content (AvgIpc) is 2.32. The van der Waals surface area contributed by atoms with Gasteiger partial charge in [-0.2, -0.15) is 0 Å². The molecule has 0 fully saturated rings. The molecule has 7 heteroatoms. The fraction of sp³-hybridized carbons (Fsp3) is 0.333. The topological polar surface area (TPSA) is 78.4 Å². The van der Waals surface area contributed by atoms with Gasteiger partial charge in [-0.3, -0.25) is 0 Å². The van der Waals surface area contributed by atoms with Gasteiger partial charge in [0.05, 0.1) is 10.7 Å². The number of anilines is 1. The number of carbonyl (C=O) groups excluding carboxylic acids is 1. The molecule has 0 aliphatic rings. The van der Waals surface area contributed by atoms with E-state index in [1.165, 1.54) is 0 Å². The van der Waals surface area contributed by atoms with Crippen molar-refractivity contribution in [2.75, 3.05) is 5.32 Å². The van der Waals surface area contributed by atoms with Gasteiger partial charge in [-0.25, -0.2) is 9.59 Å². The summed E-state index contributed by atoms with van der Waals surface area (Å²) in [5.74, 6) is -1.05. The second-order valence-electron chi connectivity index (χ2n) is 3.90. The highest BCUT2D eigenvalue weighted by Crippen LogP contribution is 2.23. The molecule has 19 heavy (non-hydrogen) atoms. The lowest BCUT2D eigenvalue weighted by atomic mass is 10.2. The highest BCUT2D eigenvalue weighted by atomic mass is 127. The van der Waals surface area contributed by atoms with Gasteiger partial charge in [0.15, 0.2) is 0 Å². The minimum Gasteiger partial charge on any atom is -0.480 e. The normalized spacial score (nSPS) is 11.7. The molecule has 0 aliphatic heterocycles. The van der Waals surface area contributed by atoms with E-state index >= 15 is 0 Å². The molecular formula is C12H14ClIN2O3. The van der Waals surface area contributed by atoms with Crippen LogP contribution in [0.2, 0.25) is 5.02 Å². The second-order valence-corrected chi connectivity index (χ2v) is 5.55. The first-order chi connectivity index (χ1) is 8.93. The van der Waals surface area contributed by atoms with E-state index in [-0.39, 0.29) is 0 Å². The number of urea groups is 1. The number of nitrogens with one attached hydrogen (secondary N) is 2. The summed E-state index contributed by atoms with van der Waals surface area (Å²) in [6.07, 6.45) is 1.05. The first-order valence-corrected chi connectivity index (χ1v) is 7.15. The molecule has 0 heterocycles. The van der Waals surface area contributed by atoms with Crippen molar-refractivity contribution in [1.29, 1.82) is 0 Å². The van der Waals surface area contributed by atoms with E-state index < -0.39 is 18.0 Å². The zero-order chi connectivity index (χ0) is 14.4. The van der Waals surface area contributed by atoms with Gasteiger partial charge in [0.2, 0.25) is 0 Å². The van der Waals surface area contributed by atoms with Gasteiger partial charge in [-0.15, -0.1) is 0 Å². The molecule has 0 aliphatic carbocycles. The number of carboxylic acid groups (broad SMARTS) is 1. The number of halogens is 2. The largest absolute Gasteiger partial charge is 0.480 e. The predicted octanol–water partition coefficient (Wildman–Crippen LogP) is 3.32. The Hall–Kier alpha value is -1.02. The number of hydrogen-bond donors (Lipinski definition) is 3. The molecule has 1 atom stereocenters. The van der Waals surface area contributed by atoms with Crippen molar-refractivity contribution in [1.82, 2.24) is 5.32 Å². The zero-order valence-corrected chi connectivity index (χ0v) is 13.2. The molecule has 0 bridgehead atoms. The van der Waals surface area contributed by atoms with Crippen LogP contribution < -0.4 is 10.6 Å². The van der Waals surface area contributed by atoms with E-state index in [1.807, 2.05) is 6.92 Å². The molecule has 5 nitrogen and oxygen atoms in total. The molecule has 104 valence electrons. The van der Waals surface area contributed by atoms with Crippen molar-refractivity contribution in [3.8, 4) is 0 Å². The van der Waals surface area contributed by atoms with Gasteiger partial charge in [0.25, 0.3) is 0 Å². The SMILES string of the molecule is CCC[C@H](NC(=O)Nc1ccc(I)cc1Cl)C(=O)O. The third kappa shape index (κ3) is 5.23. The van der Waals surface area contributed by atoms with Gasteiger partial charge >= 0.3 is 12.0 Å². The second kappa shape index (κ2) is 7.54.